The normalized spacial score (nSPS) is 16.8. The van der Waals surface area contributed by atoms with Crippen molar-refractivity contribution in [1.82, 2.24) is 5.32 Å². The number of hydrogen-bond acceptors (Lipinski definition) is 4. The predicted molar refractivity (Wildman–Crippen MR) is 88.5 cm³/mol. The molecule has 1 fully saturated rings. The second kappa shape index (κ2) is 9.53. The minimum absolute atomic E-state index is 0.0201. The SMILES string of the molecule is CCOc1ccc(CC(=O)NCCC(O)C2CCOCC2)cc1. The molecule has 23 heavy (non-hydrogen) atoms. The minimum Gasteiger partial charge on any atom is -0.494 e. The van der Waals surface area contributed by atoms with Gasteiger partial charge in [0.1, 0.15) is 5.75 Å². The van der Waals surface area contributed by atoms with Gasteiger partial charge in [-0.1, -0.05) is 12.1 Å². The first-order valence-corrected chi connectivity index (χ1v) is 8.43. The number of nitrogens with one attached hydrogen (secondary N) is 1. The first kappa shape index (κ1) is 17.8. The number of aliphatic hydroxyl groups is 1. The lowest BCUT2D eigenvalue weighted by molar-refractivity contribution is -0.120. The van der Waals surface area contributed by atoms with Crippen molar-refractivity contribution in [2.75, 3.05) is 26.4 Å². The lowest BCUT2D eigenvalue weighted by atomic mass is 9.92. The van der Waals surface area contributed by atoms with Gasteiger partial charge in [-0.3, -0.25) is 4.79 Å². The molecule has 1 unspecified atom stereocenters. The van der Waals surface area contributed by atoms with E-state index in [1.54, 1.807) is 0 Å². The van der Waals surface area contributed by atoms with Gasteiger partial charge in [0.2, 0.25) is 5.91 Å². The lowest BCUT2D eigenvalue weighted by Crippen LogP contribution is -2.33. The Kier molecular flexibility index (Phi) is 7.36. The van der Waals surface area contributed by atoms with Gasteiger partial charge in [-0.25, -0.2) is 0 Å². The largest absolute Gasteiger partial charge is 0.494 e. The number of carbonyl (C=O) groups excluding carboxylic acids is 1. The molecule has 0 aromatic heterocycles. The molecule has 0 spiro atoms. The predicted octanol–water partition coefficient (Wildman–Crippen LogP) is 1.92. The Balaban J connectivity index is 1.66. The van der Waals surface area contributed by atoms with Crippen molar-refractivity contribution in [3.8, 4) is 5.75 Å². The van der Waals surface area contributed by atoms with Crippen LogP contribution in [0, 0.1) is 5.92 Å². The fourth-order valence-electron chi connectivity index (χ4n) is 2.81. The van der Waals surface area contributed by atoms with Crippen LogP contribution in [0.3, 0.4) is 0 Å². The van der Waals surface area contributed by atoms with Crippen molar-refractivity contribution in [2.45, 2.75) is 38.7 Å². The highest BCUT2D eigenvalue weighted by molar-refractivity contribution is 5.78. The molecule has 1 saturated heterocycles. The van der Waals surface area contributed by atoms with E-state index in [0.29, 0.717) is 31.9 Å². The number of rotatable bonds is 8. The third-order valence-corrected chi connectivity index (χ3v) is 4.17. The molecular weight excluding hydrogens is 294 g/mol. The third-order valence-electron chi connectivity index (χ3n) is 4.17. The van der Waals surface area contributed by atoms with Crippen molar-refractivity contribution in [3.63, 3.8) is 0 Å². The Hall–Kier alpha value is -1.59. The van der Waals surface area contributed by atoms with E-state index in [1.165, 1.54) is 0 Å². The zero-order valence-electron chi connectivity index (χ0n) is 13.8. The van der Waals surface area contributed by atoms with Gasteiger partial charge >= 0.3 is 0 Å². The minimum atomic E-state index is -0.357. The first-order valence-electron chi connectivity index (χ1n) is 8.43. The van der Waals surface area contributed by atoms with Crippen LogP contribution in [-0.4, -0.2) is 43.5 Å². The average molecular weight is 321 g/mol. The Morgan fingerprint density at radius 2 is 2.04 bits per heavy atom. The summed E-state index contributed by atoms with van der Waals surface area (Å²) in [5.74, 6) is 1.09. The van der Waals surface area contributed by atoms with Crippen LogP contribution in [0.4, 0.5) is 0 Å². The van der Waals surface area contributed by atoms with Gasteiger partial charge in [-0.05, 0) is 49.8 Å². The van der Waals surface area contributed by atoms with E-state index in [4.69, 9.17) is 9.47 Å². The summed E-state index contributed by atoms with van der Waals surface area (Å²) in [5.41, 5.74) is 0.955. The van der Waals surface area contributed by atoms with E-state index in [2.05, 4.69) is 5.32 Å². The Morgan fingerprint density at radius 1 is 1.35 bits per heavy atom. The number of hydrogen-bond donors (Lipinski definition) is 2. The highest BCUT2D eigenvalue weighted by atomic mass is 16.5. The summed E-state index contributed by atoms with van der Waals surface area (Å²) in [4.78, 5) is 11.9. The molecule has 2 rings (SSSR count). The van der Waals surface area contributed by atoms with Gasteiger partial charge in [-0.2, -0.15) is 0 Å². The number of carbonyl (C=O) groups is 1. The number of aliphatic hydroxyl groups excluding tert-OH is 1. The summed E-state index contributed by atoms with van der Waals surface area (Å²) >= 11 is 0. The van der Waals surface area contributed by atoms with E-state index >= 15 is 0 Å². The summed E-state index contributed by atoms with van der Waals surface area (Å²) in [6.45, 7) is 4.54. The fourth-order valence-corrected chi connectivity index (χ4v) is 2.81. The molecule has 1 aromatic carbocycles. The summed E-state index contributed by atoms with van der Waals surface area (Å²) in [7, 11) is 0. The number of benzene rings is 1. The van der Waals surface area contributed by atoms with Crippen LogP contribution in [-0.2, 0) is 16.0 Å². The van der Waals surface area contributed by atoms with E-state index in [1.807, 2.05) is 31.2 Å². The molecule has 2 N–H and O–H groups in total. The molecule has 1 heterocycles. The molecule has 128 valence electrons. The maximum Gasteiger partial charge on any atom is 0.224 e. The van der Waals surface area contributed by atoms with Crippen molar-refractivity contribution < 1.29 is 19.4 Å². The third kappa shape index (κ3) is 6.20. The molecule has 0 aliphatic carbocycles. The molecule has 0 radical (unpaired) electrons. The van der Waals surface area contributed by atoms with Gasteiger partial charge in [0.15, 0.2) is 0 Å². The Morgan fingerprint density at radius 3 is 2.70 bits per heavy atom. The second-order valence-corrected chi connectivity index (χ2v) is 5.91. The van der Waals surface area contributed by atoms with Crippen LogP contribution >= 0.6 is 0 Å². The van der Waals surface area contributed by atoms with Gasteiger partial charge < -0.3 is 19.9 Å². The molecule has 1 aromatic rings. The van der Waals surface area contributed by atoms with Gasteiger partial charge in [0.05, 0.1) is 19.1 Å². The number of amides is 1. The molecule has 1 aliphatic heterocycles. The Labute approximate surface area is 138 Å². The highest BCUT2D eigenvalue weighted by Crippen LogP contribution is 2.20. The van der Waals surface area contributed by atoms with Crippen LogP contribution in [0.5, 0.6) is 5.75 Å². The second-order valence-electron chi connectivity index (χ2n) is 5.91. The Bertz CT molecular complexity index is 468. The van der Waals surface area contributed by atoms with Gasteiger partial charge in [-0.15, -0.1) is 0 Å². The summed E-state index contributed by atoms with van der Waals surface area (Å²) in [6, 6.07) is 7.56. The average Bonchev–Trinajstić information content (AvgIpc) is 2.57. The first-order chi connectivity index (χ1) is 11.2. The molecular formula is C18H27NO4. The molecule has 5 heteroatoms. The summed E-state index contributed by atoms with van der Waals surface area (Å²) in [5, 5.41) is 13.0. The van der Waals surface area contributed by atoms with Crippen LogP contribution in [0.1, 0.15) is 31.7 Å². The van der Waals surface area contributed by atoms with Crippen molar-refractivity contribution in [3.05, 3.63) is 29.8 Å². The van der Waals surface area contributed by atoms with Crippen LogP contribution in [0.25, 0.3) is 0 Å². The van der Waals surface area contributed by atoms with Gasteiger partial charge in [0, 0.05) is 19.8 Å². The molecule has 1 amide bonds. The van der Waals surface area contributed by atoms with Crippen molar-refractivity contribution >= 4 is 5.91 Å². The monoisotopic (exact) mass is 321 g/mol. The highest BCUT2D eigenvalue weighted by Gasteiger charge is 2.21. The lowest BCUT2D eigenvalue weighted by Gasteiger charge is -2.26. The zero-order valence-corrected chi connectivity index (χ0v) is 13.8. The van der Waals surface area contributed by atoms with Crippen LogP contribution < -0.4 is 10.1 Å². The number of ether oxygens (including phenoxy) is 2. The zero-order chi connectivity index (χ0) is 16.5. The topological polar surface area (TPSA) is 67.8 Å². The van der Waals surface area contributed by atoms with Crippen LogP contribution in [0.2, 0.25) is 0 Å². The molecule has 1 atom stereocenters. The standard InChI is InChI=1S/C18H27NO4/c1-2-23-16-5-3-14(4-6-16)13-18(21)19-10-7-17(20)15-8-11-22-12-9-15/h3-6,15,17,20H,2,7-13H2,1H3,(H,19,21). The van der Waals surface area contributed by atoms with Crippen molar-refractivity contribution in [1.29, 1.82) is 0 Å². The van der Waals surface area contributed by atoms with Crippen molar-refractivity contribution in [2.24, 2.45) is 5.92 Å². The van der Waals surface area contributed by atoms with Gasteiger partial charge in [0.25, 0.3) is 0 Å². The maximum absolute atomic E-state index is 11.9. The molecule has 1 aliphatic rings. The molecule has 5 nitrogen and oxygen atoms in total. The smallest absolute Gasteiger partial charge is 0.224 e. The summed E-state index contributed by atoms with van der Waals surface area (Å²) < 4.78 is 10.7. The van der Waals surface area contributed by atoms with Crippen LogP contribution in [0.15, 0.2) is 24.3 Å². The summed E-state index contributed by atoms with van der Waals surface area (Å²) in [6.07, 6.45) is 2.40. The molecule has 0 bridgehead atoms. The van der Waals surface area contributed by atoms with E-state index in [0.717, 1.165) is 37.4 Å². The molecule has 0 saturated carbocycles. The quantitative estimate of drug-likeness (QED) is 0.768. The van der Waals surface area contributed by atoms with E-state index in [9.17, 15) is 9.90 Å². The van der Waals surface area contributed by atoms with E-state index in [-0.39, 0.29) is 12.0 Å². The van der Waals surface area contributed by atoms with E-state index < -0.39 is 0 Å². The fraction of sp³-hybridized carbons (Fsp3) is 0.611. The maximum atomic E-state index is 11.9.